The van der Waals surface area contributed by atoms with E-state index in [0.29, 0.717) is 10.5 Å². The highest BCUT2D eigenvalue weighted by Gasteiger charge is 2.17. The smallest absolute Gasteiger partial charge is 0.258 e. The molecule has 0 atom stereocenters. The number of rotatable bonds is 1. The first kappa shape index (κ1) is 9.35. The summed E-state index contributed by atoms with van der Waals surface area (Å²) in [6.07, 6.45) is 0. The number of hydrogen-bond donors (Lipinski definition) is 1. The Hall–Kier alpha value is -0.740. The van der Waals surface area contributed by atoms with E-state index in [1.807, 2.05) is 0 Å². The summed E-state index contributed by atoms with van der Waals surface area (Å²) in [5.41, 5.74) is 0.431. The molecule has 0 N–H and O–H groups in total. The average Bonchev–Trinajstić information content (AvgIpc) is 1.97. The number of thiol groups is 1. The summed E-state index contributed by atoms with van der Waals surface area (Å²) in [5, 5.41) is 10.6. The minimum absolute atomic E-state index is 0.0656. The molecule has 0 saturated heterocycles. The van der Waals surface area contributed by atoms with Crippen LogP contribution >= 0.6 is 24.2 Å². The number of nitro benzene ring substituents is 1. The third kappa shape index (κ3) is 1.54. The molecule has 0 bridgehead atoms. The third-order valence-corrected chi connectivity index (χ3v) is 2.33. The van der Waals surface area contributed by atoms with Crippen molar-refractivity contribution in [2.24, 2.45) is 0 Å². The van der Waals surface area contributed by atoms with Crippen LogP contribution in [0, 0.1) is 17.0 Å². The number of nitro groups is 1. The highest BCUT2D eigenvalue weighted by molar-refractivity contribution is 7.80. The number of benzene rings is 1. The molecule has 0 aliphatic rings. The number of halogens is 1. The summed E-state index contributed by atoms with van der Waals surface area (Å²) in [6, 6.07) is 3.10. The van der Waals surface area contributed by atoms with Crippen molar-refractivity contribution in [1.29, 1.82) is 0 Å². The number of nitrogens with zero attached hydrogens (tertiary/aromatic N) is 1. The quantitative estimate of drug-likeness (QED) is 0.433. The minimum atomic E-state index is -0.503. The fourth-order valence-electron chi connectivity index (χ4n) is 0.881. The highest BCUT2D eigenvalue weighted by atomic mass is 35.5. The van der Waals surface area contributed by atoms with Gasteiger partial charge in [0.15, 0.2) is 0 Å². The van der Waals surface area contributed by atoms with Crippen molar-refractivity contribution in [3.8, 4) is 0 Å². The molecule has 0 heterocycles. The summed E-state index contributed by atoms with van der Waals surface area (Å²) in [7, 11) is 0. The Labute approximate surface area is 79.9 Å². The Morgan fingerprint density at radius 1 is 1.58 bits per heavy atom. The van der Waals surface area contributed by atoms with E-state index in [1.165, 1.54) is 6.07 Å². The van der Waals surface area contributed by atoms with Gasteiger partial charge in [-0.05, 0) is 19.1 Å². The Morgan fingerprint density at radius 3 is 2.58 bits per heavy atom. The molecule has 0 aromatic heterocycles. The van der Waals surface area contributed by atoms with Crippen LogP contribution in [-0.4, -0.2) is 4.92 Å². The van der Waals surface area contributed by atoms with Crippen molar-refractivity contribution < 1.29 is 4.92 Å². The van der Waals surface area contributed by atoms with Crippen LogP contribution in [0.5, 0.6) is 0 Å². The van der Waals surface area contributed by atoms with Gasteiger partial charge < -0.3 is 0 Å². The molecule has 1 rings (SSSR count). The molecular weight excluding hydrogens is 198 g/mol. The van der Waals surface area contributed by atoms with Gasteiger partial charge in [-0.1, -0.05) is 11.6 Å². The van der Waals surface area contributed by atoms with Crippen molar-refractivity contribution in [2.45, 2.75) is 11.8 Å². The summed E-state index contributed by atoms with van der Waals surface area (Å²) in [6.45, 7) is 1.62. The van der Waals surface area contributed by atoms with Gasteiger partial charge in [0, 0.05) is 10.5 Å². The van der Waals surface area contributed by atoms with E-state index in [1.54, 1.807) is 13.0 Å². The van der Waals surface area contributed by atoms with Gasteiger partial charge in [-0.25, -0.2) is 0 Å². The van der Waals surface area contributed by atoms with E-state index in [9.17, 15) is 10.1 Å². The van der Waals surface area contributed by atoms with Crippen molar-refractivity contribution in [3.63, 3.8) is 0 Å². The maximum Gasteiger partial charge on any atom is 0.291 e. The lowest BCUT2D eigenvalue weighted by molar-refractivity contribution is -0.385. The van der Waals surface area contributed by atoms with Gasteiger partial charge >= 0.3 is 0 Å². The first-order valence-corrected chi connectivity index (χ1v) is 3.99. The van der Waals surface area contributed by atoms with Crippen LogP contribution in [0.25, 0.3) is 0 Å². The van der Waals surface area contributed by atoms with Gasteiger partial charge in [0.05, 0.1) is 4.92 Å². The van der Waals surface area contributed by atoms with E-state index in [0.717, 1.165) is 0 Å². The standard InChI is InChI=1S/C7H6ClNO2S/c1-4-6(12)3-2-5(8)7(4)9(10)11/h2-3,12H,1H3. The topological polar surface area (TPSA) is 43.1 Å². The molecule has 5 heteroatoms. The van der Waals surface area contributed by atoms with E-state index in [2.05, 4.69) is 12.6 Å². The van der Waals surface area contributed by atoms with Crippen LogP contribution in [0.2, 0.25) is 5.02 Å². The first-order chi connectivity index (χ1) is 5.54. The molecule has 3 nitrogen and oxygen atoms in total. The zero-order valence-corrected chi connectivity index (χ0v) is 7.89. The molecule has 0 aliphatic carbocycles. The normalized spacial score (nSPS) is 9.92. The molecule has 0 radical (unpaired) electrons. The zero-order chi connectivity index (χ0) is 9.30. The average molecular weight is 204 g/mol. The Morgan fingerprint density at radius 2 is 2.17 bits per heavy atom. The maximum atomic E-state index is 10.5. The second-order valence-electron chi connectivity index (χ2n) is 2.30. The Bertz CT molecular complexity index is 340. The molecule has 0 fully saturated rings. The molecular formula is C7H6ClNO2S. The van der Waals surface area contributed by atoms with E-state index < -0.39 is 4.92 Å². The molecule has 1 aromatic carbocycles. The van der Waals surface area contributed by atoms with Crippen molar-refractivity contribution >= 4 is 29.9 Å². The summed E-state index contributed by atoms with van der Waals surface area (Å²) < 4.78 is 0. The molecule has 64 valence electrons. The van der Waals surface area contributed by atoms with Crippen LogP contribution in [0.15, 0.2) is 17.0 Å². The molecule has 0 unspecified atom stereocenters. The van der Waals surface area contributed by atoms with E-state index in [-0.39, 0.29) is 10.7 Å². The van der Waals surface area contributed by atoms with Gasteiger partial charge in [-0.15, -0.1) is 12.6 Å². The van der Waals surface area contributed by atoms with Crippen LogP contribution in [0.4, 0.5) is 5.69 Å². The lowest BCUT2D eigenvalue weighted by Gasteiger charge is -2.01. The predicted octanol–water partition coefficient (Wildman–Crippen LogP) is 2.85. The van der Waals surface area contributed by atoms with Gasteiger partial charge in [-0.2, -0.15) is 0 Å². The molecule has 0 spiro atoms. The van der Waals surface area contributed by atoms with Crippen molar-refractivity contribution in [2.75, 3.05) is 0 Å². The van der Waals surface area contributed by atoms with Crippen LogP contribution in [0.3, 0.4) is 0 Å². The van der Waals surface area contributed by atoms with Crippen LogP contribution < -0.4 is 0 Å². The fraction of sp³-hybridized carbons (Fsp3) is 0.143. The SMILES string of the molecule is Cc1c(S)ccc(Cl)c1[N+](=O)[O-]. The van der Waals surface area contributed by atoms with Gasteiger partial charge in [0.1, 0.15) is 5.02 Å². The minimum Gasteiger partial charge on any atom is -0.258 e. The zero-order valence-electron chi connectivity index (χ0n) is 6.24. The van der Waals surface area contributed by atoms with Gasteiger partial charge in [-0.3, -0.25) is 10.1 Å². The monoisotopic (exact) mass is 203 g/mol. The Kier molecular flexibility index (Phi) is 2.59. The Balaban J connectivity index is 3.43. The molecule has 12 heavy (non-hydrogen) atoms. The largest absolute Gasteiger partial charge is 0.291 e. The highest BCUT2D eigenvalue weighted by Crippen LogP contribution is 2.31. The first-order valence-electron chi connectivity index (χ1n) is 3.16. The summed E-state index contributed by atoms with van der Waals surface area (Å²) in [5.74, 6) is 0. The summed E-state index contributed by atoms with van der Waals surface area (Å²) in [4.78, 5) is 10.6. The molecule has 0 aliphatic heterocycles. The summed E-state index contributed by atoms with van der Waals surface area (Å²) >= 11 is 9.67. The molecule has 0 saturated carbocycles. The van der Waals surface area contributed by atoms with Crippen molar-refractivity contribution in [3.05, 3.63) is 32.8 Å². The lowest BCUT2D eigenvalue weighted by atomic mass is 10.2. The molecule has 0 amide bonds. The predicted molar refractivity (Wildman–Crippen MR) is 50.1 cm³/mol. The van der Waals surface area contributed by atoms with Crippen molar-refractivity contribution in [1.82, 2.24) is 0 Å². The van der Waals surface area contributed by atoms with Crippen LogP contribution in [-0.2, 0) is 0 Å². The van der Waals surface area contributed by atoms with E-state index in [4.69, 9.17) is 11.6 Å². The van der Waals surface area contributed by atoms with Gasteiger partial charge in [0.25, 0.3) is 5.69 Å². The van der Waals surface area contributed by atoms with Gasteiger partial charge in [0.2, 0.25) is 0 Å². The van der Waals surface area contributed by atoms with Crippen LogP contribution in [0.1, 0.15) is 5.56 Å². The lowest BCUT2D eigenvalue weighted by Crippen LogP contribution is -1.93. The fourth-order valence-corrected chi connectivity index (χ4v) is 1.33. The maximum absolute atomic E-state index is 10.5. The third-order valence-electron chi connectivity index (χ3n) is 1.54. The van der Waals surface area contributed by atoms with E-state index >= 15 is 0 Å². The second-order valence-corrected chi connectivity index (χ2v) is 3.19. The molecule has 1 aromatic rings. The number of hydrogen-bond acceptors (Lipinski definition) is 3. The second kappa shape index (κ2) is 3.33.